The van der Waals surface area contributed by atoms with Crippen molar-refractivity contribution in [2.45, 2.75) is 57.3 Å². The van der Waals surface area contributed by atoms with Crippen LogP contribution in [0.4, 0.5) is 18.9 Å². The normalized spacial score (nSPS) is 20.8. The lowest BCUT2D eigenvalue weighted by molar-refractivity contribution is -0.241. The smallest absolute Gasteiger partial charge is 0.360 e. The maximum Gasteiger partial charge on any atom is 0.492 e. The molecule has 11 heteroatoms. The van der Waals surface area contributed by atoms with Crippen LogP contribution in [0.5, 0.6) is 0 Å². The lowest BCUT2D eigenvalue weighted by Gasteiger charge is -2.32. The van der Waals surface area contributed by atoms with E-state index in [-0.39, 0.29) is 30.8 Å². The van der Waals surface area contributed by atoms with Crippen molar-refractivity contribution >= 4 is 23.5 Å². The Morgan fingerprint density at radius 3 is 2.38 bits per heavy atom. The Morgan fingerprint density at radius 2 is 1.73 bits per heavy atom. The molecule has 1 saturated carbocycles. The first-order valence-corrected chi connectivity index (χ1v) is 12.4. The Labute approximate surface area is 212 Å². The summed E-state index contributed by atoms with van der Waals surface area (Å²) in [6, 6.07) is 10.5. The number of rotatable bonds is 7. The number of pyridine rings is 1. The van der Waals surface area contributed by atoms with Gasteiger partial charge in [0, 0.05) is 24.0 Å². The van der Waals surface area contributed by atoms with Crippen molar-refractivity contribution < 1.29 is 32.4 Å². The van der Waals surface area contributed by atoms with Gasteiger partial charge in [-0.3, -0.25) is 14.6 Å². The average Bonchev–Trinajstić information content (AvgIpc) is 3.32. The van der Waals surface area contributed by atoms with Gasteiger partial charge in [-0.15, -0.1) is 5.06 Å². The van der Waals surface area contributed by atoms with Gasteiger partial charge in [0.05, 0.1) is 12.2 Å². The highest BCUT2D eigenvalue weighted by Crippen LogP contribution is 2.39. The fraction of sp³-hybridized carbons (Fsp3) is 0.462. The molecule has 2 amide bonds. The summed E-state index contributed by atoms with van der Waals surface area (Å²) >= 11 is 0. The molecule has 0 unspecified atom stereocenters. The first kappa shape index (κ1) is 26.6. The lowest BCUT2D eigenvalue weighted by atomic mass is 9.76. The van der Waals surface area contributed by atoms with Gasteiger partial charge in [0.2, 0.25) is 5.91 Å². The Bertz CT molecular complexity index is 1090. The molecule has 2 N–H and O–H groups in total. The van der Waals surface area contributed by atoms with Crippen LogP contribution in [0.25, 0.3) is 0 Å². The van der Waals surface area contributed by atoms with E-state index in [1.54, 1.807) is 30.5 Å². The van der Waals surface area contributed by atoms with Crippen LogP contribution < -0.4 is 10.6 Å². The van der Waals surface area contributed by atoms with Crippen molar-refractivity contribution in [1.82, 2.24) is 15.4 Å². The summed E-state index contributed by atoms with van der Waals surface area (Å²) in [5.41, 5.74) is 1.46. The number of amides is 2. The molecule has 37 heavy (non-hydrogen) atoms. The number of nitrogens with zero attached hydrogens (tertiary/aromatic N) is 2. The molecule has 1 saturated heterocycles. The monoisotopic (exact) mass is 518 g/mol. The number of hydrogen-bond acceptors (Lipinski definition) is 6. The number of hydroxylamine groups is 2. The minimum absolute atomic E-state index is 0.0520. The zero-order chi connectivity index (χ0) is 26.4. The molecule has 1 aliphatic carbocycles. The van der Waals surface area contributed by atoms with E-state index in [1.807, 2.05) is 6.07 Å². The molecular weight excluding hydrogens is 489 g/mol. The van der Waals surface area contributed by atoms with Gasteiger partial charge in [0.15, 0.2) is 0 Å². The Hall–Kier alpha value is -3.47. The molecule has 2 aliphatic rings. The number of hydrogen-bond donors (Lipinski definition) is 2. The fourth-order valence-corrected chi connectivity index (χ4v) is 5.13. The molecule has 1 aromatic carbocycles. The Kier molecular flexibility index (Phi) is 8.42. The quantitative estimate of drug-likeness (QED) is 0.569. The summed E-state index contributed by atoms with van der Waals surface area (Å²) in [5, 5.41) is 6.37. The summed E-state index contributed by atoms with van der Waals surface area (Å²) in [6.45, 7) is 0.311. The van der Waals surface area contributed by atoms with Crippen LogP contribution in [-0.4, -0.2) is 46.6 Å². The molecule has 4 rings (SSSR count). The van der Waals surface area contributed by atoms with E-state index < -0.39 is 24.1 Å². The summed E-state index contributed by atoms with van der Waals surface area (Å²) in [7, 11) is 0. The minimum atomic E-state index is -5.16. The summed E-state index contributed by atoms with van der Waals surface area (Å²) < 4.78 is 38.5. The second-order valence-electron chi connectivity index (χ2n) is 9.38. The summed E-state index contributed by atoms with van der Waals surface area (Å²) in [5.74, 6) is -3.25. The van der Waals surface area contributed by atoms with Gasteiger partial charge in [-0.2, -0.15) is 13.2 Å². The van der Waals surface area contributed by atoms with E-state index in [9.17, 15) is 27.6 Å². The first-order valence-electron chi connectivity index (χ1n) is 12.4. The molecule has 0 radical (unpaired) electrons. The number of anilines is 1. The van der Waals surface area contributed by atoms with Crippen LogP contribution in [0.2, 0.25) is 0 Å². The molecular formula is C26H29F3N4O4. The van der Waals surface area contributed by atoms with Gasteiger partial charge < -0.3 is 15.5 Å². The maximum absolute atomic E-state index is 13.3. The highest BCUT2D eigenvalue weighted by Gasteiger charge is 2.49. The van der Waals surface area contributed by atoms with Gasteiger partial charge in [-0.25, -0.2) is 4.79 Å². The second-order valence-corrected chi connectivity index (χ2v) is 9.38. The highest BCUT2D eigenvalue weighted by atomic mass is 19.4. The third-order valence-electron chi connectivity index (χ3n) is 6.93. The van der Waals surface area contributed by atoms with Crippen molar-refractivity contribution in [3.8, 4) is 0 Å². The molecule has 2 fully saturated rings. The summed E-state index contributed by atoms with van der Waals surface area (Å²) in [6.07, 6.45) is 1.81. The van der Waals surface area contributed by atoms with Crippen LogP contribution in [0.15, 0.2) is 48.7 Å². The van der Waals surface area contributed by atoms with Crippen molar-refractivity contribution in [1.29, 1.82) is 0 Å². The predicted octanol–water partition coefficient (Wildman–Crippen LogP) is 4.24. The molecule has 2 aromatic rings. The van der Waals surface area contributed by atoms with E-state index in [1.165, 1.54) is 12.1 Å². The van der Waals surface area contributed by atoms with Gasteiger partial charge in [0.1, 0.15) is 6.04 Å². The van der Waals surface area contributed by atoms with Gasteiger partial charge >= 0.3 is 12.1 Å². The van der Waals surface area contributed by atoms with Crippen LogP contribution in [0.1, 0.15) is 54.6 Å². The minimum Gasteiger partial charge on any atom is -0.360 e. The van der Waals surface area contributed by atoms with Crippen LogP contribution in [-0.2, 0) is 21.0 Å². The molecule has 198 valence electrons. The second kappa shape index (κ2) is 11.7. The van der Waals surface area contributed by atoms with Crippen molar-refractivity contribution in [3.63, 3.8) is 0 Å². The molecule has 2 heterocycles. The maximum atomic E-state index is 13.3. The van der Waals surface area contributed by atoms with E-state index in [0.29, 0.717) is 23.4 Å². The first-order chi connectivity index (χ1) is 17.7. The topological polar surface area (TPSA) is 101 Å². The van der Waals surface area contributed by atoms with Crippen molar-refractivity contribution in [3.05, 3.63) is 59.9 Å². The van der Waals surface area contributed by atoms with Crippen LogP contribution in [0, 0.1) is 11.8 Å². The zero-order valence-corrected chi connectivity index (χ0v) is 20.2. The number of carbonyl (C=O) groups excluding carboxylic acids is 3. The molecule has 2 atom stereocenters. The van der Waals surface area contributed by atoms with Gasteiger partial charge in [0.25, 0.3) is 5.91 Å². The molecule has 1 aromatic heterocycles. The van der Waals surface area contributed by atoms with Gasteiger partial charge in [-0.1, -0.05) is 38.2 Å². The lowest BCUT2D eigenvalue weighted by Crippen LogP contribution is -2.47. The number of alkyl halides is 3. The average molecular weight is 519 g/mol. The standard InChI is InChI=1S/C26H29F3N4O4/c27-26(28,29)25(36)37-33-15-13-21(17-6-2-1-3-7-17)22(33)24(35)32-19-11-9-18(10-12-19)23(34)31-16-20-8-4-5-14-30-20/h4-5,8-12,14,17,21-22H,1-3,6-7,13,15-16H2,(H,31,34)(H,32,35)/t21-,22-/m0/s1. The van der Waals surface area contributed by atoms with E-state index >= 15 is 0 Å². The number of carbonyl (C=O) groups is 3. The summed E-state index contributed by atoms with van der Waals surface area (Å²) in [4.78, 5) is 46.0. The van der Waals surface area contributed by atoms with Crippen LogP contribution >= 0.6 is 0 Å². The number of nitrogens with one attached hydrogen (secondary N) is 2. The fourth-order valence-electron chi connectivity index (χ4n) is 5.13. The van der Waals surface area contributed by atoms with E-state index in [2.05, 4.69) is 20.5 Å². The highest BCUT2D eigenvalue weighted by molar-refractivity contribution is 5.97. The SMILES string of the molecule is O=C(NCc1ccccn1)c1ccc(NC(=O)[C@@H]2[C@H](C3CCCCC3)CCN2OC(=O)C(F)(F)F)cc1. The van der Waals surface area contributed by atoms with Crippen molar-refractivity contribution in [2.24, 2.45) is 11.8 Å². The number of aromatic nitrogens is 1. The molecule has 8 nitrogen and oxygen atoms in total. The number of halogens is 3. The zero-order valence-electron chi connectivity index (χ0n) is 20.2. The van der Waals surface area contributed by atoms with Crippen molar-refractivity contribution in [2.75, 3.05) is 11.9 Å². The molecule has 0 spiro atoms. The van der Waals surface area contributed by atoms with E-state index in [4.69, 9.17) is 0 Å². The van der Waals surface area contributed by atoms with E-state index in [0.717, 1.165) is 37.2 Å². The predicted molar refractivity (Wildman–Crippen MR) is 128 cm³/mol. The molecule has 0 bridgehead atoms. The Morgan fingerprint density at radius 1 is 1.00 bits per heavy atom. The largest absolute Gasteiger partial charge is 0.492 e. The van der Waals surface area contributed by atoms with Gasteiger partial charge in [-0.05, 0) is 54.7 Å². The number of benzene rings is 1. The third kappa shape index (κ3) is 6.85. The third-order valence-corrected chi connectivity index (χ3v) is 6.93. The molecule has 1 aliphatic heterocycles. The Balaban J connectivity index is 1.42. The van der Waals surface area contributed by atoms with Crippen LogP contribution in [0.3, 0.4) is 0 Å².